The van der Waals surface area contributed by atoms with Gasteiger partial charge in [-0.05, 0) is 25.7 Å². The van der Waals surface area contributed by atoms with E-state index in [4.69, 9.17) is 0 Å². The molecule has 0 radical (unpaired) electrons. The summed E-state index contributed by atoms with van der Waals surface area (Å²) in [4.78, 5) is 33.6. The molecule has 0 bridgehead atoms. The first-order chi connectivity index (χ1) is 9.69. The van der Waals surface area contributed by atoms with E-state index in [2.05, 4.69) is 15.3 Å². The van der Waals surface area contributed by atoms with Crippen LogP contribution in [0.5, 0.6) is 0 Å². The Bertz CT molecular complexity index is 519. The van der Waals surface area contributed by atoms with Crippen molar-refractivity contribution < 1.29 is 9.59 Å². The van der Waals surface area contributed by atoms with Crippen molar-refractivity contribution >= 4 is 11.8 Å². The maximum atomic E-state index is 12.4. The van der Waals surface area contributed by atoms with Gasteiger partial charge in [0.2, 0.25) is 5.91 Å². The van der Waals surface area contributed by atoms with Gasteiger partial charge in [-0.15, -0.1) is 0 Å². The number of hydrogen-bond acceptors (Lipinski definition) is 4. The highest BCUT2D eigenvalue weighted by molar-refractivity contribution is 5.92. The van der Waals surface area contributed by atoms with Gasteiger partial charge in [0.05, 0.1) is 6.20 Å². The third-order valence-electron chi connectivity index (χ3n) is 4.25. The average molecular weight is 274 g/mol. The molecule has 1 N–H and O–H groups in total. The van der Waals surface area contributed by atoms with Gasteiger partial charge in [0.15, 0.2) is 0 Å². The van der Waals surface area contributed by atoms with Gasteiger partial charge in [0, 0.05) is 37.4 Å². The minimum Gasteiger partial charge on any atom is -0.351 e. The minimum absolute atomic E-state index is 0.0699. The molecule has 3 heterocycles. The first-order valence-electron chi connectivity index (χ1n) is 7.05. The second kappa shape index (κ2) is 5.19. The summed E-state index contributed by atoms with van der Waals surface area (Å²) < 4.78 is 0. The molecule has 6 heteroatoms. The third-order valence-corrected chi connectivity index (χ3v) is 4.25. The van der Waals surface area contributed by atoms with Crippen molar-refractivity contribution in [2.45, 2.75) is 37.6 Å². The van der Waals surface area contributed by atoms with Crippen molar-refractivity contribution in [3.63, 3.8) is 0 Å². The second-order valence-electron chi connectivity index (χ2n) is 5.56. The lowest BCUT2D eigenvalue weighted by Crippen LogP contribution is -2.42. The highest BCUT2D eigenvalue weighted by atomic mass is 16.2. The lowest BCUT2D eigenvalue weighted by Gasteiger charge is -2.27. The first-order valence-corrected chi connectivity index (χ1v) is 7.05. The van der Waals surface area contributed by atoms with Gasteiger partial charge < -0.3 is 10.2 Å². The molecule has 2 amide bonds. The van der Waals surface area contributed by atoms with Crippen molar-refractivity contribution in [2.24, 2.45) is 0 Å². The molecule has 0 unspecified atom stereocenters. The van der Waals surface area contributed by atoms with Gasteiger partial charge >= 0.3 is 0 Å². The van der Waals surface area contributed by atoms with E-state index in [0.717, 1.165) is 25.7 Å². The maximum absolute atomic E-state index is 12.4. The number of aromatic nitrogens is 2. The SMILES string of the molecule is O=C1CC[C@]2(CCCN(C(=O)c3cnccn3)CC2)N1. The van der Waals surface area contributed by atoms with Gasteiger partial charge in [-0.3, -0.25) is 14.6 Å². The van der Waals surface area contributed by atoms with E-state index in [1.807, 2.05) is 4.90 Å². The van der Waals surface area contributed by atoms with Gasteiger partial charge in [0.25, 0.3) is 5.91 Å². The molecular formula is C14H18N4O2. The summed E-state index contributed by atoms with van der Waals surface area (Å²) in [5, 5.41) is 3.10. The molecule has 0 aromatic carbocycles. The lowest BCUT2D eigenvalue weighted by atomic mass is 9.89. The molecule has 2 aliphatic heterocycles. The maximum Gasteiger partial charge on any atom is 0.274 e. The molecule has 1 atom stereocenters. The summed E-state index contributed by atoms with van der Waals surface area (Å²) in [7, 11) is 0. The average Bonchev–Trinajstić information content (AvgIpc) is 2.71. The minimum atomic E-state index is -0.0888. The fourth-order valence-electron chi connectivity index (χ4n) is 3.12. The Morgan fingerprint density at radius 3 is 2.85 bits per heavy atom. The van der Waals surface area contributed by atoms with Crippen LogP contribution in [0.25, 0.3) is 0 Å². The number of amides is 2. The number of carbonyl (C=O) groups excluding carboxylic acids is 2. The molecule has 2 aliphatic rings. The molecule has 0 aliphatic carbocycles. The lowest BCUT2D eigenvalue weighted by molar-refractivity contribution is -0.119. The van der Waals surface area contributed by atoms with Crippen molar-refractivity contribution in [3.05, 3.63) is 24.3 Å². The summed E-state index contributed by atoms with van der Waals surface area (Å²) in [6, 6.07) is 0. The Balaban J connectivity index is 1.69. The number of rotatable bonds is 1. The van der Waals surface area contributed by atoms with Crippen LogP contribution in [0.3, 0.4) is 0 Å². The molecule has 2 fully saturated rings. The van der Waals surface area contributed by atoms with Crippen LogP contribution >= 0.6 is 0 Å². The normalized spacial score (nSPS) is 26.4. The molecule has 1 aromatic heterocycles. The Morgan fingerprint density at radius 1 is 1.25 bits per heavy atom. The van der Waals surface area contributed by atoms with E-state index < -0.39 is 0 Å². The highest BCUT2D eigenvalue weighted by Crippen LogP contribution is 2.31. The van der Waals surface area contributed by atoms with E-state index in [1.54, 1.807) is 6.20 Å². The predicted molar refractivity (Wildman–Crippen MR) is 71.9 cm³/mol. The van der Waals surface area contributed by atoms with E-state index in [0.29, 0.717) is 25.2 Å². The Labute approximate surface area is 117 Å². The molecule has 1 spiro atoms. The van der Waals surface area contributed by atoms with Crippen molar-refractivity contribution in [2.75, 3.05) is 13.1 Å². The monoisotopic (exact) mass is 274 g/mol. The summed E-state index contributed by atoms with van der Waals surface area (Å²) >= 11 is 0. The zero-order valence-corrected chi connectivity index (χ0v) is 11.3. The number of nitrogens with one attached hydrogen (secondary N) is 1. The number of nitrogens with zero attached hydrogens (tertiary/aromatic N) is 3. The van der Waals surface area contributed by atoms with E-state index in [9.17, 15) is 9.59 Å². The van der Waals surface area contributed by atoms with Crippen LogP contribution in [-0.2, 0) is 4.79 Å². The van der Waals surface area contributed by atoms with Crippen molar-refractivity contribution in [1.29, 1.82) is 0 Å². The van der Waals surface area contributed by atoms with Crippen LogP contribution in [0.4, 0.5) is 0 Å². The number of likely N-dealkylation sites (tertiary alicyclic amines) is 1. The van der Waals surface area contributed by atoms with Crippen molar-refractivity contribution in [1.82, 2.24) is 20.2 Å². The van der Waals surface area contributed by atoms with Gasteiger partial charge in [-0.2, -0.15) is 0 Å². The summed E-state index contributed by atoms with van der Waals surface area (Å²) in [5.74, 6) is 0.0678. The van der Waals surface area contributed by atoms with Gasteiger partial charge in [-0.25, -0.2) is 4.98 Å². The summed E-state index contributed by atoms with van der Waals surface area (Å²) in [6.45, 7) is 1.38. The van der Waals surface area contributed by atoms with Crippen LogP contribution in [-0.4, -0.2) is 45.3 Å². The van der Waals surface area contributed by atoms with Crippen molar-refractivity contribution in [3.8, 4) is 0 Å². The third kappa shape index (κ3) is 2.50. The topological polar surface area (TPSA) is 75.2 Å². The standard InChI is InChI=1S/C14H18N4O2/c19-12-2-4-14(17-12)3-1-8-18(9-5-14)13(20)11-10-15-6-7-16-11/h6-7,10H,1-5,8-9H2,(H,17,19)/t14-/m0/s1. The molecule has 106 valence electrons. The fraction of sp³-hybridized carbons (Fsp3) is 0.571. The van der Waals surface area contributed by atoms with Crippen LogP contribution < -0.4 is 5.32 Å². The van der Waals surface area contributed by atoms with E-state index in [1.165, 1.54) is 12.4 Å². The molecule has 20 heavy (non-hydrogen) atoms. The molecular weight excluding hydrogens is 256 g/mol. The Hall–Kier alpha value is -1.98. The number of hydrogen-bond donors (Lipinski definition) is 1. The van der Waals surface area contributed by atoms with Crippen LogP contribution in [0.15, 0.2) is 18.6 Å². The Kier molecular flexibility index (Phi) is 3.38. The van der Waals surface area contributed by atoms with Gasteiger partial charge in [-0.1, -0.05) is 0 Å². The smallest absolute Gasteiger partial charge is 0.274 e. The molecule has 0 saturated carbocycles. The van der Waals surface area contributed by atoms with Gasteiger partial charge in [0.1, 0.15) is 5.69 Å². The second-order valence-corrected chi connectivity index (χ2v) is 5.56. The largest absolute Gasteiger partial charge is 0.351 e. The van der Waals surface area contributed by atoms with Crippen LogP contribution in [0.1, 0.15) is 42.6 Å². The van der Waals surface area contributed by atoms with E-state index >= 15 is 0 Å². The quantitative estimate of drug-likeness (QED) is 0.820. The summed E-state index contributed by atoms with van der Waals surface area (Å²) in [5.41, 5.74) is 0.299. The zero-order chi connectivity index (χ0) is 14.0. The van der Waals surface area contributed by atoms with Crippen LogP contribution in [0, 0.1) is 0 Å². The fourth-order valence-corrected chi connectivity index (χ4v) is 3.12. The Morgan fingerprint density at radius 2 is 2.15 bits per heavy atom. The first kappa shape index (κ1) is 13.0. The molecule has 2 saturated heterocycles. The molecule has 3 rings (SSSR count). The zero-order valence-electron chi connectivity index (χ0n) is 11.3. The highest BCUT2D eigenvalue weighted by Gasteiger charge is 2.39. The number of carbonyl (C=O) groups is 2. The molecule has 1 aromatic rings. The van der Waals surface area contributed by atoms with E-state index in [-0.39, 0.29) is 17.4 Å². The predicted octanol–water partition coefficient (Wildman–Crippen LogP) is 0.751. The molecule has 6 nitrogen and oxygen atoms in total. The summed E-state index contributed by atoms with van der Waals surface area (Å²) in [6.07, 6.45) is 8.77. The van der Waals surface area contributed by atoms with Crippen LogP contribution in [0.2, 0.25) is 0 Å².